The van der Waals surface area contributed by atoms with Crippen LogP contribution in [0.1, 0.15) is 26.2 Å². The number of unbranched alkanes of at least 4 members (excludes halogenated alkanes) is 1. The highest BCUT2D eigenvalue weighted by Crippen LogP contribution is 2.20. The Kier molecular flexibility index (Phi) is 6.09. The van der Waals surface area contributed by atoms with Crippen molar-refractivity contribution < 1.29 is 14.7 Å². The van der Waals surface area contributed by atoms with Crippen LogP contribution in [0.25, 0.3) is 0 Å². The molecule has 24 heavy (non-hydrogen) atoms. The van der Waals surface area contributed by atoms with Crippen LogP contribution < -0.4 is 10.6 Å². The molecule has 5 heteroatoms. The lowest BCUT2D eigenvalue weighted by atomic mass is 9.94. The summed E-state index contributed by atoms with van der Waals surface area (Å²) in [4.78, 5) is 25.1. The summed E-state index contributed by atoms with van der Waals surface area (Å²) in [7, 11) is 0. The Morgan fingerprint density at radius 2 is 1.29 bits per heavy atom. The maximum Gasteiger partial charge on any atom is 0.266 e. The highest BCUT2D eigenvalue weighted by atomic mass is 16.3. The fourth-order valence-electron chi connectivity index (χ4n) is 2.27. The van der Waals surface area contributed by atoms with Crippen LogP contribution in [0.5, 0.6) is 0 Å². The molecule has 0 aliphatic carbocycles. The third kappa shape index (κ3) is 4.43. The summed E-state index contributed by atoms with van der Waals surface area (Å²) in [6.45, 7) is 1.94. The van der Waals surface area contributed by atoms with Crippen LogP contribution in [0.2, 0.25) is 0 Å². The minimum atomic E-state index is -2.12. The number of hydrogen-bond donors (Lipinski definition) is 3. The zero-order chi connectivity index (χ0) is 17.4. The molecule has 2 aromatic rings. The largest absolute Gasteiger partial charge is 0.372 e. The molecule has 0 atom stereocenters. The second-order valence-electron chi connectivity index (χ2n) is 5.60. The smallest absolute Gasteiger partial charge is 0.266 e. The third-order valence-electron chi connectivity index (χ3n) is 3.71. The first-order chi connectivity index (χ1) is 11.6. The van der Waals surface area contributed by atoms with E-state index < -0.39 is 17.4 Å². The van der Waals surface area contributed by atoms with E-state index in [1.165, 1.54) is 0 Å². The van der Waals surface area contributed by atoms with Crippen LogP contribution in [0, 0.1) is 0 Å². The van der Waals surface area contributed by atoms with E-state index in [-0.39, 0.29) is 6.42 Å². The Bertz CT molecular complexity index is 618. The minimum absolute atomic E-state index is 0.0564. The molecule has 0 unspecified atom stereocenters. The monoisotopic (exact) mass is 326 g/mol. The molecule has 0 fully saturated rings. The first-order valence-corrected chi connectivity index (χ1v) is 8.01. The van der Waals surface area contributed by atoms with Gasteiger partial charge in [-0.25, -0.2) is 0 Å². The summed E-state index contributed by atoms with van der Waals surface area (Å²) < 4.78 is 0. The molecule has 0 saturated heterocycles. The van der Waals surface area contributed by atoms with E-state index in [2.05, 4.69) is 10.6 Å². The van der Waals surface area contributed by atoms with E-state index in [1.807, 2.05) is 19.1 Å². The number of benzene rings is 2. The van der Waals surface area contributed by atoms with Gasteiger partial charge in [-0.2, -0.15) is 0 Å². The zero-order valence-corrected chi connectivity index (χ0v) is 13.7. The van der Waals surface area contributed by atoms with Gasteiger partial charge in [-0.1, -0.05) is 49.7 Å². The summed E-state index contributed by atoms with van der Waals surface area (Å²) in [6.07, 6.45) is 1.38. The third-order valence-corrected chi connectivity index (χ3v) is 3.71. The van der Waals surface area contributed by atoms with E-state index in [4.69, 9.17) is 0 Å². The minimum Gasteiger partial charge on any atom is -0.372 e. The number of amides is 2. The number of carbonyl (C=O) groups is 2. The predicted molar refractivity (Wildman–Crippen MR) is 94.6 cm³/mol. The van der Waals surface area contributed by atoms with Gasteiger partial charge in [0.15, 0.2) is 0 Å². The van der Waals surface area contributed by atoms with Crippen molar-refractivity contribution in [2.45, 2.75) is 31.8 Å². The number of rotatable bonds is 7. The topological polar surface area (TPSA) is 78.4 Å². The number of para-hydroxylation sites is 2. The van der Waals surface area contributed by atoms with E-state index in [0.29, 0.717) is 17.8 Å². The number of anilines is 2. The predicted octanol–water partition coefficient (Wildman–Crippen LogP) is 3.19. The number of hydrogen-bond acceptors (Lipinski definition) is 3. The lowest BCUT2D eigenvalue weighted by Crippen LogP contribution is -2.52. The van der Waals surface area contributed by atoms with Crippen LogP contribution >= 0.6 is 0 Å². The molecule has 0 bridgehead atoms. The molecule has 2 amide bonds. The van der Waals surface area contributed by atoms with Gasteiger partial charge >= 0.3 is 0 Å². The molecule has 0 radical (unpaired) electrons. The van der Waals surface area contributed by atoms with Crippen molar-refractivity contribution in [3.8, 4) is 0 Å². The maximum absolute atomic E-state index is 12.5. The summed E-state index contributed by atoms with van der Waals surface area (Å²) in [5.74, 6) is -1.45. The maximum atomic E-state index is 12.5. The molecule has 0 aromatic heterocycles. The molecule has 0 aliphatic rings. The fourth-order valence-corrected chi connectivity index (χ4v) is 2.27. The molecule has 0 spiro atoms. The number of nitrogens with one attached hydrogen (secondary N) is 2. The molecule has 2 rings (SSSR count). The summed E-state index contributed by atoms with van der Waals surface area (Å²) in [6, 6.07) is 17.5. The van der Waals surface area contributed by atoms with Gasteiger partial charge in [-0.3, -0.25) is 9.59 Å². The molecule has 2 aromatic carbocycles. The Balaban J connectivity index is 2.17. The standard InChI is InChI=1S/C19H22N2O3/c1-2-3-14-19(24,17(22)20-15-10-6-4-7-11-15)18(23)21-16-12-8-5-9-13-16/h4-13,24H,2-3,14H2,1H3,(H,20,22)(H,21,23). The van der Waals surface area contributed by atoms with E-state index in [0.717, 1.165) is 6.42 Å². The summed E-state index contributed by atoms with van der Waals surface area (Å²) in [5.41, 5.74) is -1.06. The number of carbonyl (C=O) groups excluding carboxylic acids is 2. The van der Waals surface area contributed by atoms with Crippen LogP contribution in [0.15, 0.2) is 60.7 Å². The van der Waals surface area contributed by atoms with Crippen molar-refractivity contribution in [3.63, 3.8) is 0 Å². The van der Waals surface area contributed by atoms with Crippen molar-refractivity contribution in [2.24, 2.45) is 0 Å². The second kappa shape index (κ2) is 8.26. The summed E-state index contributed by atoms with van der Waals surface area (Å²) >= 11 is 0. The molecule has 0 saturated carbocycles. The van der Waals surface area contributed by atoms with Crippen molar-refractivity contribution in [1.82, 2.24) is 0 Å². The molecule has 126 valence electrons. The molecular formula is C19H22N2O3. The first kappa shape index (κ1) is 17.7. The molecular weight excluding hydrogens is 304 g/mol. The van der Waals surface area contributed by atoms with Crippen molar-refractivity contribution in [1.29, 1.82) is 0 Å². The highest BCUT2D eigenvalue weighted by Gasteiger charge is 2.43. The van der Waals surface area contributed by atoms with Gasteiger partial charge in [0.1, 0.15) is 0 Å². The molecule has 0 heterocycles. The quantitative estimate of drug-likeness (QED) is 0.684. The zero-order valence-electron chi connectivity index (χ0n) is 13.7. The lowest BCUT2D eigenvalue weighted by Gasteiger charge is -2.25. The van der Waals surface area contributed by atoms with Gasteiger partial charge in [0.2, 0.25) is 5.60 Å². The SMILES string of the molecule is CCCCC(O)(C(=O)Nc1ccccc1)C(=O)Nc1ccccc1. The van der Waals surface area contributed by atoms with E-state index in [9.17, 15) is 14.7 Å². The molecule has 5 nitrogen and oxygen atoms in total. The highest BCUT2D eigenvalue weighted by molar-refractivity contribution is 6.17. The normalized spacial score (nSPS) is 10.9. The van der Waals surface area contributed by atoms with Crippen LogP contribution in [-0.2, 0) is 9.59 Å². The van der Waals surface area contributed by atoms with Crippen molar-refractivity contribution in [2.75, 3.05) is 10.6 Å². The molecule has 3 N–H and O–H groups in total. The van der Waals surface area contributed by atoms with Gasteiger partial charge < -0.3 is 15.7 Å². The average Bonchev–Trinajstić information content (AvgIpc) is 2.61. The summed E-state index contributed by atoms with van der Waals surface area (Å²) in [5, 5.41) is 16.0. The van der Waals surface area contributed by atoms with Crippen LogP contribution in [-0.4, -0.2) is 22.5 Å². The fraction of sp³-hybridized carbons (Fsp3) is 0.263. The van der Waals surface area contributed by atoms with Gasteiger partial charge in [0.05, 0.1) is 0 Å². The second-order valence-corrected chi connectivity index (χ2v) is 5.60. The van der Waals surface area contributed by atoms with Crippen molar-refractivity contribution in [3.05, 3.63) is 60.7 Å². The molecule has 0 aliphatic heterocycles. The Morgan fingerprint density at radius 3 is 1.67 bits per heavy atom. The van der Waals surface area contributed by atoms with Crippen molar-refractivity contribution >= 4 is 23.2 Å². The lowest BCUT2D eigenvalue weighted by molar-refractivity contribution is -0.147. The Labute approximate surface area is 141 Å². The Hall–Kier alpha value is -2.66. The average molecular weight is 326 g/mol. The first-order valence-electron chi connectivity index (χ1n) is 8.01. The number of aliphatic hydroxyl groups is 1. The van der Waals surface area contributed by atoms with Gasteiger partial charge in [-0.05, 0) is 37.1 Å². The van der Waals surface area contributed by atoms with Gasteiger partial charge in [0.25, 0.3) is 11.8 Å². The van der Waals surface area contributed by atoms with Gasteiger partial charge in [-0.15, -0.1) is 0 Å². The van der Waals surface area contributed by atoms with Gasteiger partial charge in [0, 0.05) is 11.4 Å². The van der Waals surface area contributed by atoms with Crippen LogP contribution in [0.3, 0.4) is 0 Å². The van der Waals surface area contributed by atoms with E-state index in [1.54, 1.807) is 48.5 Å². The Morgan fingerprint density at radius 1 is 0.875 bits per heavy atom. The van der Waals surface area contributed by atoms with Crippen LogP contribution in [0.4, 0.5) is 11.4 Å². The van der Waals surface area contributed by atoms with E-state index >= 15 is 0 Å².